The number of carbonyl (C=O) groups is 2. The summed E-state index contributed by atoms with van der Waals surface area (Å²) in [4.78, 5) is 36.8. The van der Waals surface area contributed by atoms with Crippen LogP contribution in [0.4, 0.5) is 5.69 Å². The lowest BCUT2D eigenvalue weighted by atomic mass is 9.82. The lowest BCUT2D eigenvalue weighted by molar-refractivity contribution is -0.161. The van der Waals surface area contributed by atoms with Gasteiger partial charge >= 0.3 is 5.97 Å². The molecule has 0 aliphatic carbocycles. The van der Waals surface area contributed by atoms with Gasteiger partial charge < -0.3 is 19.1 Å². The first-order valence-electron chi connectivity index (χ1n) is 14.2. The van der Waals surface area contributed by atoms with E-state index in [0.717, 1.165) is 61.3 Å². The molecule has 1 saturated heterocycles. The third-order valence-electron chi connectivity index (χ3n) is 7.14. The van der Waals surface area contributed by atoms with Gasteiger partial charge in [0.2, 0.25) is 0 Å². The molecule has 0 saturated carbocycles. The second-order valence-electron chi connectivity index (χ2n) is 11.3. The van der Waals surface area contributed by atoms with E-state index in [4.69, 9.17) is 19.2 Å². The number of aromatic nitrogens is 2. The van der Waals surface area contributed by atoms with E-state index in [-0.39, 0.29) is 23.9 Å². The van der Waals surface area contributed by atoms with Crippen molar-refractivity contribution < 1.29 is 23.8 Å². The standard InChI is InChI=1S/C31H45N3O5/c1-8-10-17-37-29(30(36)39-21(3)4)27-22(5)32-19-25(28(27)34-15-13-31(6,7)14-16-34)26-12-11-24(18-33-26)38-20-23(35)9-2/h11-12,18-19,21,29H,8-10,13-17,20H2,1-7H3/t29-/m0/s1. The van der Waals surface area contributed by atoms with Crippen molar-refractivity contribution >= 4 is 17.4 Å². The van der Waals surface area contributed by atoms with Crippen LogP contribution < -0.4 is 9.64 Å². The maximum atomic E-state index is 13.4. The molecule has 8 heteroatoms. The molecule has 2 aromatic rings. The largest absolute Gasteiger partial charge is 0.484 e. The molecule has 8 nitrogen and oxygen atoms in total. The van der Waals surface area contributed by atoms with Crippen LogP contribution >= 0.6 is 0 Å². The Balaban J connectivity index is 2.10. The van der Waals surface area contributed by atoms with E-state index in [1.54, 1.807) is 6.20 Å². The normalized spacial score (nSPS) is 15.7. The summed E-state index contributed by atoms with van der Waals surface area (Å²) < 4.78 is 17.5. The molecule has 0 N–H and O–H groups in total. The number of pyridine rings is 2. The van der Waals surface area contributed by atoms with E-state index >= 15 is 0 Å². The molecule has 3 heterocycles. The summed E-state index contributed by atoms with van der Waals surface area (Å²) in [5.74, 6) is 0.159. The van der Waals surface area contributed by atoms with Crippen molar-refractivity contribution in [1.29, 1.82) is 0 Å². The zero-order chi connectivity index (χ0) is 28.6. The topological polar surface area (TPSA) is 90.8 Å². The van der Waals surface area contributed by atoms with Crippen LogP contribution in [0.5, 0.6) is 5.75 Å². The highest BCUT2D eigenvalue weighted by Crippen LogP contribution is 2.42. The van der Waals surface area contributed by atoms with Crippen molar-refractivity contribution in [2.24, 2.45) is 5.41 Å². The third-order valence-corrected chi connectivity index (χ3v) is 7.14. The maximum Gasteiger partial charge on any atom is 0.340 e. The number of carbonyl (C=O) groups excluding carboxylic acids is 2. The zero-order valence-corrected chi connectivity index (χ0v) is 24.7. The van der Waals surface area contributed by atoms with Gasteiger partial charge in [0.05, 0.1) is 23.7 Å². The summed E-state index contributed by atoms with van der Waals surface area (Å²) in [6.07, 6.45) is 6.58. The molecule has 1 aliphatic rings. The van der Waals surface area contributed by atoms with Gasteiger partial charge in [-0.15, -0.1) is 0 Å². The van der Waals surface area contributed by atoms with E-state index in [1.807, 2.05) is 46.0 Å². The average Bonchev–Trinajstić information content (AvgIpc) is 2.90. The highest BCUT2D eigenvalue weighted by atomic mass is 16.6. The number of hydrogen-bond donors (Lipinski definition) is 0. The summed E-state index contributed by atoms with van der Waals surface area (Å²) in [5.41, 5.74) is 4.18. The summed E-state index contributed by atoms with van der Waals surface area (Å²) >= 11 is 0. The van der Waals surface area contributed by atoms with E-state index in [2.05, 4.69) is 30.7 Å². The van der Waals surface area contributed by atoms with E-state index in [1.165, 1.54) is 0 Å². The van der Waals surface area contributed by atoms with Gasteiger partial charge in [-0.1, -0.05) is 34.1 Å². The Bertz CT molecular complexity index is 1100. The lowest BCUT2D eigenvalue weighted by Crippen LogP contribution is -2.39. The smallest absolute Gasteiger partial charge is 0.340 e. The van der Waals surface area contributed by atoms with Crippen LogP contribution in [-0.2, 0) is 19.1 Å². The molecule has 0 unspecified atom stereocenters. The first-order chi connectivity index (χ1) is 18.6. The van der Waals surface area contributed by atoms with Crippen LogP contribution in [0.1, 0.15) is 91.0 Å². The number of piperidine rings is 1. The molecule has 214 valence electrons. The van der Waals surface area contributed by atoms with Gasteiger partial charge in [0.25, 0.3) is 0 Å². The average molecular weight is 540 g/mol. The van der Waals surface area contributed by atoms with Crippen LogP contribution in [0.3, 0.4) is 0 Å². The molecule has 39 heavy (non-hydrogen) atoms. The SMILES string of the molecule is CCCCO[C@H](C(=O)OC(C)C)c1c(C)ncc(-c2ccc(OCC(=O)CC)cn2)c1N1CCC(C)(C)CC1. The first-order valence-corrected chi connectivity index (χ1v) is 14.2. The van der Waals surface area contributed by atoms with Crippen LogP contribution in [0.2, 0.25) is 0 Å². The number of Topliss-reactive ketones (excluding diaryl/α,β-unsaturated/α-hetero) is 1. The molecule has 1 aliphatic heterocycles. The highest BCUT2D eigenvalue weighted by Gasteiger charge is 2.35. The number of nitrogens with zero attached hydrogens (tertiary/aromatic N) is 3. The lowest BCUT2D eigenvalue weighted by Gasteiger charge is -2.40. The van der Waals surface area contributed by atoms with Crippen LogP contribution in [-0.4, -0.2) is 54.1 Å². The second-order valence-corrected chi connectivity index (χ2v) is 11.3. The predicted octanol–water partition coefficient (Wildman–Crippen LogP) is 6.25. The molecule has 0 aromatic carbocycles. The van der Waals surface area contributed by atoms with E-state index in [0.29, 0.717) is 24.5 Å². The first kappa shape index (κ1) is 30.5. The van der Waals surface area contributed by atoms with Gasteiger partial charge in [-0.25, -0.2) is 4.79 Å². The molecule has 1 atom stereocenters. The summed E-state index contributed by atoms with van der Waals surface area (Å²) in [7, 11) is 0. The minimum Gasteiger partial charge on any atom is -0.484 e. The number of hydrogen-bond acceptors (Lipinski definition) is 8. The van der Waals surface area contributed by atoms with Crippen molar-refractivity contribution in [3.8, 4) is 17.0 Å². The summed E-state index contributed by atoms with van der Waals surface area (Å²) in [6, 6.07) is 3.69. The molecule has 1 fully saturated rings. The number of rotatable bonds is 13. The Morgan fingerprint density at radius 2 is 1.79 bits per heavy atom. The van der Waals surface area contributed by atoms with Gasteiger partial charge in [0, 0.05) is 49.1 Å². The Kier molecular flexibility index (Phi) is 10.9. The highest BCUT2D eigenvalue weighted by molar-refractivity contribution is 5.86. The number of esters is 1. The predicted molar refractivity (Wildman–Crippen MR) is 153 cm³/mol. The van der Waals surface area contributed by atoms with Gasteiger partial charge in [-0.2, -0.15) is 0 Å². The number of aryl methyl sites for hydroxylation is 1. The van der Waals surface area contributed by atoms with E-state index < -0.39 is 12.1 Å². The zero-order valence-electron chi connectivity index (χ0n) is 24.7. The Hall–Kier alpha value is -3.00. The maximum absolute atomic E-state index is 13.4. The van der Waals surface area contributed by atoms with Crippen molar-refractivity contribution in [2.75, 3.05) is 31.2 Å². The Labute approximate surface area is 233 Å². The third kappa shape index (κ3) is 8.24. The minimum atomic E-state index is -0.890. The fourth-order valence-corrected chi connectivity index (χ4v) is 4.59. The molecule has 0 spiro atoms. The van der Waals surface area contributed by atoms with Crippen molar-refractivity contribution in [1.82, 2.24) is 9.97 Å². The van der Waals surface area contributed by atoms with Gasteiger partial charge in [0.15, 0.2) is 11.9 Å². The van der Waals surface area contributed by atoms with Crippen molar-refractivity contribution in [2.45, 2.75) is 92.8 Å². The summed E-state index contributed by atoms with van der Waals surface area (Å²) in [6.45, 7) is 16.3. The van der Waals surface area contributed by atoms with Gasteiger partial charge in [-0.05, 0) is 57.6 Å². The Morgan fingerprint density at radius 3 is 2.38 bits per heavy atom. The van der Waals surface area contributed by atoms with Crippen molar-refractivity contribution in [3.05, 3.63) is 35.8 Å². The molecule has 2 aromatic heterocycles. The minimum absolute atomic E-state index is 0.0251. The number of anilines is 1. The molecular weight excluding hydrogens is 494 g/mol. The van der Waals surface area contributed by atoms with E-state index in [9.17, 15) is 9.59 Å². The van der Waals surface area contributed by atoms with Crippen LogP contribution in [0, 0.1) is 12.3 Å². The number of unbranched alkanes of at least 4 members (excludes halogenated alkanes) is 1. The molecular formula is C31H45N3O5. The van der Waals surface area contributed by atoms with Gasteiger partial charge in [-0.3, -0.25) is 14.8 Å². The number of ketones is 1. The van der Waals surface area contributed by atoms with Gasteiger partial charge in [0.1, 0.15) is 12.4 Å². The fraction of sp³-hybridized carbons (Fsp3) is 0.613. The monoisotopic (exact) mass is 539 g/mol. The summed E-state index contributed by atoms with van der Waals surface area (Å²) in [5, 5.41) is 0. The molecule has 0 amide bonds. The van der Waals surface area contributed by atoms with Crippen molar-refractivity contribution in [3.63, 3.8) is 0 Å². The van der Waals surface area contributed by atoms with Crippen LogP contribution in [0.15, 0.2) is 24.5 Å². The number of ether oxygens (including phenoxy) is 3. The fourth-order valence-electron chi connectivity index (χ4n) is 4.59. The Morgan fingerprint density at radius 1 is 1.08 bits per heavy atom. The molecule has 3 rings (SSSR count). The second kappa shape index (κ2) is 13.9. The molecule has 0 bridgehead atoms. The van der Waals surface area contributed by atoms with Crippen LogP contribution in [0.25, 0.3) is 11.3 Å². The quantitative estimate of drug-likeness (QED) is 0.218. The molecule has 0 radical (unpaired) electrons.